The average molecular weight is 200 g/mol. The summed E-state index contributed by atoms with van der Waals surface area (Å²) in [5.41, 5.74) is 2.54. The van der Waals surface area contributed by atoms with Gasteiger partial charge < -0.3 is 9.88 Å². The van der Waals surface area contributed by atoms with Crippen LogP contribution in [0.2, 0.25) is 0 Å². The third-order valence-corrected chi connectivity index (χ3v) is 2.39. The smallest absolute Gasteiger partial charge is 0.0452 e. The van der Waals surface area contributed by atoms with Crippen molar-refractivity contribution in [1.29, 1.82) is 0 Å². The number of hydrogen-bond donors (Lipinski definition) is 1. The molecule has 0 bridgehead atoms. The topological polar surface area (TPSA) is 17.0 Å². The molecule has 0 radical (unpaired) electrons. The van der Waals surface area contributed by atoms with Crippen LogP contribution in [-0.4, -0.2) is 11.1 Å². The molecule has 0 unspecified atom stereocenters. The van der Waals surface area contributed by atoms with E-state index in [2.05, 4.69) is 53.5 Å². The van der Waals surface area contributed by atoms with E-state index in [1.54, 1.807) is 0 Å². The van der Waals surface area contributed by atoms with E-state index in [1.165, 1.54) is 11.3 Å². The number of hydrogen-bond acceptors (Lipinski definition) is 1. The molecule has 2 heteroatoms. The molecule has 0 saturated carbocycles. The van der Waals surface area contributed by atoms with E-state index >= 15 is 0 Å². The predicted octanol–water partition coefficient (Wildman–Crippen LogP) is 2.59. The van der Waals surface area contributed by atoms with Gasteiger partial charge in [0.05, 0.1) is 0 Å². The summed E-state index contributed by atoms with van der Waals surface area (Å²) in [6.45, 7) is 4.06. The van der Waals surface area contributed by atoms with E-state index in [1.807, 2.05) is 12.1 Å². The van der Waals surface area contributed by atoms with Crippen LogP contribution in [0.15, 0.2) is 48.8 Å². The number of rotatable bonds is 4. The van der Waals surface area contributed by atoms with Gasteiger partial charge in [0.2, 0.25) is 0 Å². The molecule has 1 N–H and O–H groups in total. The number of benzene rings is 1. The lowest BCUT2D eigenvalue weighted by molar-refractivity contribution is 0.726. The fraction of sp³-hybridized carbons (Fsp3) is 0.231. The second kappa shape index (κ2) is 4.80. The first-order chi connectivity index (χ1) is 7.40. The van der Waals surface area contributed by atoms with Gasteiger partial charge in [-0.05, 0) is 36.4 Å². The molecule has 15 heavy (non-hydrogen) atoms. The van der Waals surface area contributed by atoms with Crippen molar-refractivity contribution in [3.05, 3.63) is 54.4 Å². The van der Waals surface area contributed by atoms with Crippen LogP contribution >= 0.6 is 0 Å². The minimum atomic E-state index is 0.936. The zero-order chi connectivity index (χ0) is 10.5. The maximum absolute atomic E-state index is 3.33. The zero-order valence-corrected chi connectivity index (χ0v) is 8.98. The van der Waals surface area contributed by atoms with Crippen LogP contribution in [0, 0.1) is 0 Å². The van der Waals surface area contributed by atoms with Gasteiger partial charge in [-0.15, -0.1) is 0 Å². The van der Waals surface area contributed by atoms with E-state index in [0.29, 0.717) is 0 Å². The highest BCUT2D eigenvalue weighted by atomic mass is 14.9. The highest BCUT2D eigenvalue weighted by Crippen LogP contribution is 2.10. The van der Waals surface area contributed by atoms with Crippen LogP contribution in [0.5, 0.6) is 0 Å². The van der Waals surface area contributed by atoms with Crippen molar-refractivity contribution in [3.8, 4) is 5.69 Å². The maximum atomic E-state index is 3.33. The largest absolute Gasteiger partial charge is 0.324 e. The Bertz CT molecular complexity index is 404. The molecule has 0 fully saturated rings. The van der Waals surface area contributed by atoms with E-state index in [4.69, 9.17) is 0 Å². The molecule has 1 aromatic heterocycles. The average Bonchev–Trinajstić information content (AvgIpc) is 2.80. The van der Waals surface area contributed by atoms with Gasteiger partial charge in [0.15, 0.2) is 0 Å². The van der Waals surface area contributed by atoms with Gasteiger partial charge in [-0.1, -0.05) is 19.1 Å². The van der Waals surface area contributed by atoms with Crippen LogP contribution in [-0.2, 0) is 6.54 Å². The van der Waals surface area contributed by atoms with Gasteiger partial charge in [0.1, 0.15) is 0 Å². The second-order valence-corrected chi connectivity index (χ2v) is 3.54. The summed E-state index contributed by atoms with van der Waals surface area (Å²) in [7, 11) is 0. The molecular formula is C13H16N2. The second-order valence-electron chi connectivity index (χ2n) is 3.54. The summed E-state index contributed by atoms with van der Waals surface area (Å²) >= 11 is 0. The third kappa shape index (κ3) is 2.48. The molecule has 2 nitrogen and oxygen atoms in total. The van der Waals surface area contributed by atoms with Crippen molar-refractivity contribution in [3.63, 3.8) is 0 Å². The Morgan fingerprint density at radius 1 is 1.13 bits per heavy atom. The SMILES string of the molecule is CCNCc1cccc(-n2cccc2)c1. The fourth-order valence-corrected chi connectivity index (χ4v) is 1.60. The minimum absolute atomic E-state index is 0.936. The van der Waals surface area contributed by atoms with Crippen molar-refractivity contribution in [2.24, 2.45) is 0 Å². The number of nitrogens with zero attached hydrogens (tertiary/aromatic N) is 1. The molecule has 0 aliphatic heterocycles. The van der Waals surface area contributed by atoms with E-state index < -0.39 is 0 Å². The van der Waals surface area contributed by atoms with Gasteiger partial charge in [-0.3, -0.25) is 0 Å². The highest BCUT2D eigenvalue weighted by molar-refractivity contribution is 5.36. The predicted molar refractivity (Wildman–Crippen MR) is 63.1 cm³/mol. The zero-order valence-electron chi connectivity index (χ0n) is 8.98. The summed E-state index contributed by atoms with van der Waals surface area (Å²) < 4.78 is 2.12. The third-order valence-electron chi connectivity index (χ3n) is 2.39. The van der Waals surface area contributed by atoms with Gasteiger partial charge in [-0.25, -0.2) is 0 Å². The van der Waals surface area contributed by atoms with Gasteiger partial charge in [-0.2, -0.15) is 0 Å². The van der Waals surface area contributed by atoms with Crippen molar-refractivity contribution >= 4 is 0 Å². The van der Waals surface area contributed by atoms with Crippen LogP contribution in [0.25, 0.3) is 5.69 Å². The maximum Gasteiger partial charge on any atom is 0.0452 e. The Labute approximate surface area is 90.6 Å². The molecule has 0 aliphatic carbocycles. The molecule has 0 amide bonds. The van der Waals surface area contributed by atoms with Crippen LogP contribution < -0.4 is 5.32 Å². The van der Waals surface area contributed by atoms with Gasteiger partial charge in [0.25, 0.3) is 0 Å². The van der Waals surface area contributed by atoms with Crippen molar-refractivity contribution in [2.45, 2.75) is 13.5 Å². The number of aromatic nitrogens is 1. The van der Waals surface area contributed by atoms with E-state index in [9.17, 15) is 0 Å². The Morgan fingerprint density at radius 2 is 1.93 bits per heavy atom. The molecular weight excluding hydrogens is 184 g/mol. The molecule has 2 rings (SSSR count). The first-order valence-electron chi connectivity index (χ1n) is 5.33. The highest BCUT2D eigenvalue weighted by Gasteiger charge is 1.96. The quantitative estimate of drug-likeness (QED) is 0.802. The van der Waals surface area contributed by atoms with Crippen molar-refractivity contribution < 1.29 is 0 Å². The summed E-state index contributed by atoms with van der Waals surface area (Å²) in [5.74, 6) is 0. The van der Waals surface area contributed by atoms with Crippen molar-refractivity contribution in [1.82, 2.24) is 9.88 Å². The minimum Gasteiger partial charge on any atom is -0.324 e. The Kier molecular flexibility index (Phi) is 3.20. The molecule has 0 aliphatic rings. The first-order valence-corrected chi connectivity index (χ1v) is 5.33. The molecule has 0 saturated heterocycles. The molecule has 1 heterocycles. The van der Waals surface area contributed by atoms with Gasteiger partial charge in [0, 0.05) is 24.6 Å². The normalized spacial score (nSPS) is 10.5. The summed E-state index contributed by atoms with van der Waals surface area (Å²) in [6.07, 6.45) is 4.12. The Hall–Kier alpha value is -1.54. The van der Waals surface area contributed by atoms with Crippen LogP contribution in [0.4, 0.5) is 0 Å². The Balaban J connectivity index is 2.19. The van der Waals surface area contributed by atoms with Crippen LogP contribution in [0.3, 0.4) is 0 Å². The molecule has 2 aromatic rings. The molecule has 0 atom stereocenters. The lowest BCUT2D eigenvalue weighted by Gasteiger charge is -2.06. The summed E-state index contributed by atoms with van der Waals surface area (Å²) in [5, 5.41) is 3.33. The lowest BCUT2D eigenvalue weighted by Crippen LogP contribution is -2.11. The first kappa shape index (κ1) is 9.99. The van der Waals surface area contributed by atoms with Crippen LogP contribution in [0.1, 0.15) is 12.5 Å². The summed E-state index contributed by atoms with van der Waals surface area (Å²) in [4.78, 5) is 0. The summed E-state index contributed by atoms with van der Waals surface area (Å²) in [6, 6.07) is 12.7. The monoisotopic (exact) mass is 200 g/mol. The van der Waals surface area contributed by atoms with Crippen molar-refractivity contribution in [2.75, 3.05) is 6.54 Å². The van der Waals surface area contributed by atoms with Gasteiger partial charge >= 0.3 is 0 Å². The lowest BCUT2D eigenvalue weighted by atomic mass is 10.2. The standard InChI is InChI=1S/C13H16N2/c1-2-14-11-12-6-5-7-13(10-12)15-8-3-4-9-15/h3-10,14H,2,11H2,1H3. The van der Waals surface area contributed by atoms with E-state index in [-0.39, 0.29) is 0 Å². The fourth-order valence-electron chi connectivity index (χ4n) is 1.60. The number of nitrogens with one attached hydrogen (secondary N) is 1. The van der Waals surface area contributed by atoms with E-state index in [0.717, 1.165) is 13.1 Å². The molecule has 1 aromatic carbocycles. The molecule has 78 valence electrons. The molecule has 0 spiro atoms. The Morgan fingerprint density at radius 3 is 2.67 bits per heavy atom.